The van der Waals surface area contributed by atoms with Crippen molar-refractivity contribution in [2.45, 2.75) is 25.7 Å². The van der Waals surface area contributed by atoms with Gasteiger partial charge in [-0.25, -0.2) is 14.4 Å². The largest absolute Gasteiger partial charge is 0.342 e. The molecular weight excluding hydrogens is 261 g/mol. The lowest BCUT2D eigenvalue weighted by Crippen LogP contribution is -2.35. The monoisotopic (exact) mass is 277 g/mol. The summed E-state index contributed by atoms with van der Waals surface area (Å²) in [5.41, 5.74) is 1.37. The summed E-state index contributed by atoms with van der Waals surface area (Å²) in [7, 11) is 0. The lowest BCUT2D eigenvalue weighted by molar-refractivity contribution is -0.197. The van der Waals surface area contributed by atoms with Crippen LogP contribution < -0.4 is 0 Å². The summed E-state index contributed by atoms with van der Waals surface area (Å²) >= 11 is 0. The molecule has 106 valence electrons. The number of rotatable bonds is 3. The predicted molar refractivity (Wildman–Crippen MR) is 71.3 cm³/mol. The Labute approximate surface area is 115 Å². The number of hydrogen-bond donors (Lipinski definition) is 1. The first-order valence-electron chi connectivity index (χ1n) is 6.80. The van der Waals surface area contributed by atoms with E-state index in [1.165, 1.54) is 17.2 Å². The van der Waals surface area contributed by atoms with Crippen molar-refractivity contribution in [2.24, 2.45) is 0 Å². The van der Waals surface area contributed by atoms with Crippen LogP contribution in [0.15, 0.2) is 18.2 Å². The van der Waals surface area contributed by atoms with Crippen LogP contribution in [0.4, 0.5) is 4.39 Å². The Kier molecular flexibility index (Phi) is 3.64. The van der Waals surface area contributed by atoms with Crippen molar-refractivity contribution in [3.8, 4) is 0 Å². The van der Waals surface area contributed by atoms with Crippen LogP contribution in [0.25, 0.3) is 11.0 Å². The number of nitrogens with one attached hydrogen (secondary N) is 1. The molecule has 1 fully saturated rings. The topological polar surface area (TPSA) is 58.2 Å². The molecule has 2 aromatic rings. The van der Waals surface area contributed by atoms with Crippen molar-refractivity contribution in [1.29, 1.82) is 0 Å². The number of aromatic amines is 1. The summed E-state index contributed by atoms with van der Waals surface area (Å²) in [5.74, 6) is 0.359. The lowest BCUT2D eigenvalue weighted by atomic mass is 10.2. The Morgan fingerprint density at radius 2 is 2.35 bits per heavy atom. The van der Waals surface area contributed by atoms with E-state index in [0.29, 0.717) is 42.9 Å². The van der Waals surface area contributed by atoms with Crippen LogP contribution in [0.2, 0.25) is 0 Å². The minimum Gasteiger partial charge on any atom is -0.342 e. The molecule has 3 rings (SSSR count). The van der Waals surface area contributed by atoms with Gasteiger partial charge in [0.15, 0.2) is 0 Å². The van der Waals surface area contributed by atoms with E-state index >= 15 is 0 Å². The molecule has 1 aliphatic heterocycles. The standard InChI is InChI=1S/C14H16FN3O2/c15-10-3-4-11-12(9-10)17-13(16-11)5-6-14(19)18-7-1-2-8-20-18/h3-4,9H,1-2,5-8H2,(H,16,17). The van der Waals surface area contributed by atoms with Crippen molar-refractivity contribution in [3.63, 3.8) is 0 Å². The molecule has 1 aliphatic rings. The maximum Gasteiger partial charge on any atom is 0.246 e. The smallest absolute Gasteiger partial charge is 0.246 e. The molecule has 2 heterocycles. The highest BCUT2D eigenvalue weighted by Crippen LogP contribution is 2.14. The number of benzene rings is 1. The second-order valence-corrected chi connectivity index (χ2v) is 4.88. The van der Waals surface area contributed by atoms with Crippen LogP contribution in [0.3, 0.4) is 0 Å². The van der Waals surface area contributed by atoms with Gasteiger partial charge in [0.05, 0.1) is 17.6 Å². The Morgan fingerprint density at radius 3 is 3.15 bits per heavy atom. The number of aromatic nitrogens is 2. The summed E-state index contributed by atoms with van der Waals surface area (Å²) in [4.78, 5) is 24.6. The van der Waals surface area contributed by atoms with Gasteiger partial charge in [-0.3, -0.25) is 9.63 Å². The van der Waals surface area contributed by atoms with E-state index in [1.54, 1.807) is 6.07 Å². The summed E-state index contributed by atoms with van der Waals surface area (Å²) in [5, 5.41) is 1.44. The Balaban J connectivity index is 1.63. The van der Waals surface area contributed by atoms with Crippen LogP contribution in [-0.2, 0) is 16.1 Å². The van der Waals surface area contributed by atoms with Gasteiger partial charge in [-0.05, 0) is 31.0 Å². The molecule has 0 saturated carbocycles. The molecule has 0 bridgehead atoms. The highest BCUT2D eigenvalue weighted by atomic mass is 19.1. The third kappa shape index (κ3) is 2.80. The third-order valence-corrected chi connectivity index (χ3v) is 3.35. The Morgan fingerprint density at radius 1 is 1.45 bits per heavy atom. The average molecular weight is 277 g/mol. The van der Waals surface area contributed by atoms with Crippen molar-refractivity contribution in [2.75, 3.05) is 13.2 Å². The second kappa shape index (κ2) is 5.58. The first-order valence-corrected chi connectivity index (χ1v) is 6.80. The molecule has 0 aliphatic carbocycles. The number of carbonyl (C=O) groups excluding carboxylic acids is 1. The number of imidazole rings is 1. The van der Waals surface area contributed by atoms with Gasteiger partial charge in [0, 0.05) is 19.4 Å². The number of halogens is 1. The number of fused-ring (bicyclic) bond motifs is 1. The van der Waals surface area contributed by atoms with Crippen LogP contribution in [0.1, 0.15) is 25.1 Å². The van der Waals surface area contributed by atoms with Crippen molar-refractivity contribution < 1.29 is 14.0 Å². The number of nitrogens with zero attached hydrogens (tertiary/aromatic N) is 2. The summed E-state index contributed by atoms with van der Waals surface area (Å²) in [6, 6.07) is 4.40. The highest BCUT2D eigenvalue weighted by molar-refractivity contribution is 5.76. The van der Waals surface area contributed by atoms with Crippen LogP contribution in [0.5, 0.6) is 0 Å². The summed E-state index contributed by atoms with van der Waals surface area (Å²) < 4.78 is 13.1. The van der Waals surface area contributed by atoms with E-state index in [4.69, 9.17) is 4.84 Å². The van der Waals surface area contributed by atoms with E-state index < -0.39 is 0 Å². The lowest BCUT2D eigenvalue weighted by Gasteiger charge is -2.25. The number of aryl methyl sites for hydroxylation is 1. The Hall–Kier alpha value is -1.95. The van der Waals surface area contributed by atoms with Gasteiger partial charge in [0.2, 0.25) is 5.91 Å². The molecule has 1 aromatic heterocycles. The molecule has 0 atom stereocenters. The minimum absolute atomic E-state index is 0.0312. The number of carbonyl (C=O) groups is 1. The van der Waals surface area contributed by atoms with Gasteiger partial charge in [0.25, 0.3) is 0 Å². The second-order valence-electron chi connectivity index (χ2n) is 4.88. The third-order valence-electron chi connectivity index (χ3n) is 3.35. The molecule has 6 heteroatoms. The van der Waals surface area contributed by atoms with Crippen LogP contribution in [-0.4, -0.2) is 34.1 Å². The van der Waals surface area contributed by atoms with Gasteiger partial charge >= 0.3 is 0 Å². The summed E-state index contributed by atoms with van der Waals surface area (Å²) in [6.45, 7) is 1.26. The van der Waals surface area contributed by atoms with E-state index in [-0.39, 0.29) is 11.7 Å². The minimum atomic E-state index is -0.300. The quantitative estimate of drug-likeness (QED) is 0.935. The number of hydroxylamine groups is 2. The maximum atomic E-state index is 13.1. The summed E-state index contributed by atoms with van der Waals surface area (Å²) in [6.07, 6.45) is 2.81. The van der Waals surface area contributed by atoms with Gasteiger partial charge in [-0.2, -0.15) is 0 Å². The van der Waals surface area contributed by atoms with Crippen molar-refractivity contribution in [3.05, 3.63) is 29.8 Å². The molecule has 1 saturated heterocycles. The van der Waals surface area contributed by atoms with Gasteiger partial charge in [-0.15, -0.1) is 0 Å². The predicted octanol–water partition coefficient (Wildman–Crippen LogP) is 2.19. The van der Waals surface area contributed by atoms with Crippen molar-refractivity contribution in [1.82, 2.24) is 15.0 Å². The molecule has 1 aromatic carbocycles. The molecule has 0 radical (unpaired) electrons. The molecule has 1 N–H and O–H groups in total. The number of hydrogen-bond acceptors (Lipinski definition) is 3. The maximum absolute atomic E-state index is 13.1. The molecule has 0 spiro atoms. The molecule has 5 nitrogen and oxygen atoms in total. The zero-order valence-corrected chi connectivity index (χ0v) is 11.1. The van der Waals surface area contributed by atoms with Gasteiger partial charge < -0.3 is 4.98 Å². The fourth-order valence-electron chi connectivity index (χ4n) is 2.30. The number of amides is 1. The van der Waals surface area contributed by atoms with Gasteiger partial charge in [0.1, 0.15) is 11.6 Å². The van der Waals surface area contributed by atoms with E-state index in [2.05, 4.69) is 9.97 Å². The first-order chi connectivity index (χ1) is 9.72. The average Bonchev–Trinajstić information content (AvgIpc) is 2.87. The van der Waals surface area contributed by atoms with E-state index in [0.717, 1.165) is 12.8 Å². The molecule has 0 unspecified atom stereocenters. The fraction of sp³-hybridized carbons (Fsp3) is 0.429. The number of H-pyrrole nitrogens is 1. The van der Waals surface area contributed by atoms with E-state index in [9.17, 15) is 9.18 Å². The zero-order chi connectivity index (χ0) is 13.9. The fourth-order valence-corrected chi connectivity index (χ4v) is 2.30. The Bertz CT molecular complexity index is 620. The van der Waals surface area contributed by atoms with Crippen molar-refractivity contribution >= 4 is 16.9 Å². The van der Waals surface area contributed by atoms with Crippen LogP contribution in [0, 0.1) is 5.82 Å². The molecule has 20 heavy (non-hydrogen) atoms. The first kappa shape index (κ1) is 13.1. The molecular formula is C14H16FN3O2. The molecule has 1 amide bonds. The van der Waals surface area contributed by atoms with Crippen LogP contribution >= 0.6 is 0 Å². The zero-order valence-electron chi connectivity index (χ0n) is 11.1. The SMILES string of the molecule is O=C(CCc1nc2ccc(F)cc2[nH]1)N1CCCCO1. The van der Waals surface area contributed by atoms with E-state index in [1.807, 2.05) is 0 Å². The highest BCUT2D eigenvalue weighted by Gasteiger charge is 2.17. The normalized spacial score (nSPS) is 15.8. The van der Waals surface area contributed by atoms with Gasteiger partial charge in [-0.1, -0.05) is 0 Å².